The molecule has 2 aromatic rings. The summed E-state index contributed by atoms with van der Waals surface area (Å²) in [7, 11) is -1.66. The first kappa shape index (κ1) is 21.0. The number of para-hydroxylation sites is 1. The summed E-state index contributed by atoms with van der Waals surface area (Å²) < 4.78 is 29.0. The van der Waals surface area contributed by atoms with Gasteiger partial charge in [0.1, 0.15) is 5.84 Å². The van der Waals surface area contributed by atoms with Gasteiger partial charge >= 0.3 is 0 Å². The van der Waals surface area contributed by atoms with Crippen LogP contribution < -0.4 is 0 Å². The third-order valence-electron chi connectivity index (χ3n) is 5.60. The van der Waals surface area contributed by atoms with Gasteiger partial charge in [0, 0.05) is 37.6 Å². The van der Waals surface area contributed by atoms with Crippen LogP contribution in [0.2, 0.25) is 0 Å². The molecular weight excluding hydrogens is 414 g/mol. The van der Waals surface area contributed by atoms with E-state index in [2.05, 4.69) is 4.40 Å². The standard InChI is InChI=1S/C22H25N5O3S/c1-15-7-5-6-8-20(15)27-17(3)19(16(2)23-27)14-25(4)22(28)18-9-10-21-24-31(29,30)12-11-26(21)13-18/h5-10,13H,11-12,14H2,1-4H3. The lowest BCUT2D eigenvalue weighted by molar-refractivity contribution is -0.126. The summed E-state index contributed by atoms with van der Waals surface area (Å²) in [5.74, 6) is 0.136. The Morgan fingerprint density at radius 2 is 1.90 bits per heavy atom. The first-order valence-electron chi connectivity index (χ1n) is 10.0. The van der Waals surface area contributed by atoms with Crippen molar-refractivity contribution in [3.63, 3.8) is 0 Å². The van der Waals surface area contributed by atoms with E-state index < -0.39 is 10.0 Å². The Balaban J connectivity index is 1.55. The molecule has 3 heterocycles. The van der Waals surface area contributed by atoms with Crippen LogP contribution in [0.15, 0.2) is 52.6 Å². The van der Waals surface area contributed by atoms with E-state index in [9.17, 15) is 13.2 Å². The summed E-state index contributed by atoms with van der Waals surface area (Å²) in [6.45, 7) is 6.71. The van der Waals surface area contributed by atoms with Gasteiger partial charge in [0.15, 0.2) is 0 Å². The predicted octanol–water partition coefficient (Wildman–Crippen LogP) is 2.25. The molecule has 2 aliphatic rings. The van der Waals surface area contributed by atoms with Crippen molar-refractivity contribution in [2.75, 3.05) is 19.3 Å². The zero-order valence-electron chi connectivity index (χ0n) is 18.0. The normalized spacial score (nSPS) is 17.1. The van der Waals surface area contributed by atoms with E-state index in [1.807, 2.05) is 49.7 Å². The number of amidine groups is 1. The van der Waals surface area contributed by atoms with Gasteiger partial charge in [-0.15, -0.1) is 4.40 Å². The molecule has 0 saturated heterocycles. The fraction of sp³-hybridized carbons (Fsp3) is 0.318. The summed E-state index contributed by atoms with van der Waals surface area (Å²) in [5.41, 5.74) is 5.52. The Hall–Kier alpha value is -3.20. The lowest BCUT2D eigenvalue weighted by Crippen LogP contribution is -2.38. The van der Waals surface area contributed by atoms with Crippen molar-refractivity contribution in [2.45, 2.75) is 27.3 Å². The number of aromatic nitrogens is 2. The quantitative estimate of drug-likeness (QED) is 0.729. The smallest absolute Gasteiger partial charge is 0.256 e. The number of carbonyl (C=O) groups is 1. The second kappa shape index (κ2) is 7.81. The molecule has 0 unspecified atom stereocenters. The highest BCUT2D eigenvalue weighted by Gasteiger charge is 2.26. The summed E-state index contributed by atoms with van der Waals surface area (Å²) in [6.07, 6.45) is 4.86. The molecule has 1 aromatic heterocycles. The van der Waals surface area contributed by atoms with Crippen LogP contribution in [0.25, 0.3) is 5.69 Å². The molecule has 0 fully saturated rings. The van der Waals surface area contributed by atoms with Crippen LogP contribution >= 0.6 is 0 Å². The molecule has 0 atom stereocenters. The number of carbonyl (C=O) groups excluding carboxylic acids is 1. The SMILES string of the molecule is Cc1ccccc1-n1nc(C)c(CN(C)C(=O)C2=CN3CCS(=O)(=O)N=C3C=C2)c1C. The maximum Gasteiger partial charge on any atom is 0.256 e. The molecular formula is C22H25N5O3S. The molecule has 162 valence electrons. The number of hydrogen-bond acceptors (Lipinski definition) is 5. The number of fused-ring (bicyclic) bond motifs is 1. The van der Waals surface area contributed by atoms with Crippen LogP contribution in [-0.4, -0.2) is 59.1 Å². The van der Waals surface area contributed by atoms with Gasteiger partial charge in [-0.2, -0.15) is 5.10 Å². The first-order valence-corrected chi connectivity index (χ1v) is 11.6. The van der Waals surface area contributed by atoms with Crippen LogP contribution in [0.3, 0.4) is 0 Å². The Morgan fingerprint density at radius 1 is 1.16 bits per heavy atom. The Bertz CT molecular complexity index is 1250. The van der Waals surface area contributed by atoms with Gasteiger partial charge in [-0.25, -0.2) is 13.1 Å². The number of nitrogens with zero attached hydrogens (tertiary/aromatic N) is 5. The minimum atomic E-state index is -3.42. The van der Waals surface area contributed by atoms with Crippen LogP contribution in [0.4, 0.5) is 0 Å². The third kappa shape index (κ3) is 4.05. The molecule has 0 saturated carbocycles. The summed E-state index contributed by atoms with van der Waals surface area (Å²) in [6, 6.07) is 8.06. The summed E-state index contributed by atoms with van der Waals surface area (Å²) in [5, 5.41) is 4.70. The van der Waals surface area contributed by atoms with Gasteiger partial charge in [-0.1, -0.05) is 18.2 Å². The van der Waals surface area contributed by atoms with Crippen LogP contribution in [0, 0.1) is 20.8 Å². The molecule has 8 nitrogen and oxygen atoms in total. The van der Waals surface area contributed by atoms with Crippen molar-refractivity contribution in [1.82, 2.24) is 19.6 Å². The van der Waals surface area contributed by atoms with Crippen molar-refractivity contribution in [3.8, 4) is 5.69 Å². The Kier molecular flexibility index (Phi) is 5.30. The molecule has 0 spiro atoms. The average molecular weight is 440 g/mol. The first-order chi connectivity index (χ1) is 14.7. The van der Waals surface area contributed by atoms with E-state index in [1.165, 1.54) is 0 Å². The highest BCUT2D eigenvalue weighted by atomic mass is 32.2. The molecule has 1 aromatic carbocycles. The van der Waals surface area contributed by atoms with Crippen LogP contribution in [-0.2, 0) is 21.4 Å². The van der Waals surface area contributed by atoms with E-state index in [0.717, 1.165) is 28.2 Å². The van der Waals surface area contributed by atoms with E-state index in [4.69, 9.17) is 5.10 Å². The van der Waals surface area contributed by atoms with Crippen molar-refractivity contribution >= 4 is 21.8 Å². The number of benzene rings is 1. The number of hydrogen-bond donors (Lipinski definition) is 0. The lowest BCUT2D eigenvalue weighted by atomic mass is 10.1. The monoisotopic (exact) mass is 439 g/mol. The topological polar surface area (TPSA) is 87.9 Å². The highest BCUT2D eigenvalue weighted by Crippen LogP contribution is 2.23. The molecule has 4 rings (SSSR count). The number of amides is 1. The van der Waals surface area contributed by atoms with E-state index in [-0.39, 0.29) is 18.2 Å². The van der Waals surface area contributed by atoms with Crippen molar-refractivity contribution in [2.24, 2.45) is 4.40 Å². The van der Waals surface area contributed by atoms with E-state index >= 15 is 0 Å². The van der Waals surface area contributed by atoms with E-state index in [0.29, 0.717) is 18.0 Å². The molecule has 0 N–H and O–H groups in total. The van der Waals surface area contributed by atoms with Gasteiger partial charge < -0.3 is 9.80 Å². The maximum absolute atomic E-state index is 13.1. The fourth-order valence-electron chi connectivity index (χ4n) is 3.80. The zero-order chi connectivity index (χ0) is 22.3. The van der Waals surface area contributed by atoms with Gasteiger partial charge in [-0.05, 0) is 44.6 Å². The molecule has 0 bridgehead atoms. The minimum absolute atomic E-state index is 0.0609. The number of rotatable bonds is 4. The van der Waals surface area contributed by atoms with Crippen molar-refractivity contribution < 1.29 is 13.2 Å². The highest BCUT2D eigenvalue weighted by molar-refractivity contribution is 7.90. The number of sulfonamides is 1. The van der Waals surface area contributed by atoms with Crippen molar-refractivity contribution in [3.05, 3.63) is 70.7 Å². The minimum Gasteiger partial charge on any atom is -0.337 e. The zero-order valence-corrected chi connectivity index (χ0v) is 18.8. The molecule has 0 aliphatic carbocycles. The van der Waals surface area contributed by atoms with Gasteiger partial charge in [0.25, 0.3) is 15.9 Å². The van der Waals surface area contributed by atoms with E-state index in [1.54, 1.807) is 35.2 Å². The number of aryl methyl sites for hydroxylation is 2. The van der Waals surface area contributed by atoms with Crippen LogP contribution in [0.1, 0.15) is 22.5 Å². The molecule has 31 heavy (non-hydrogen) atoms. The molecule has 0 radical (unpaired) electrons. The Morgan fingerprint density at radius 3 is 2.65 bits per heavy atom. The van der Waals surface area contributed by atoms with Gasteiger partial charge in [-0.3, -0.25) is 4.79 Å². The molecule has 2 aliphatic heterocycles. The lowest BCUT2D eigenvalue weighted by Gasteiger charge is -2.28. The third-order valence-corrected chi connectivity index (χ3v) is 6.76. The largest absolute Gasteiger partial charge is 0.337 e. The maximum atomic E-state index is 13.1. The van der Waals surface area contributed by atoms with Gasteiger partial charge in [0.2, 0.25) is 0 Å². The summed E-state index contributed by atoms with van der Waals surface area (Å²) >= 11 is 0. The molecule has 9 heteroatoms. The second-order valence-corrected chi connectivity index (χ2v) is 9.61. The Labute approximate surface area is 182 Å². The predicted molar refractivity (Wildman–Crippen MR) is 119 cm³/mol. The number of likely N-dealkylation sites (N-methyl/N-ethyl adjacent to an activating group) is 1. The van der Waals surface area contributed by atoms with Crippen molar-refractivity contribution in [1.29, 1.82) is 0 Å². The van der Waals surface area contributed by atoms with Crippen LogP contribution in [0.5, 0.6) is 0 Å². The fourth-order valence-corrected chi connectivity index (χ4v) is 4.77. The molecule has 1 amide bonds. The summed E-state index contributed by atoms with van der Waals surface area (Å²) in [4.78, 5) is 16.4. The average Bonchev–Trinajstić information content (AvgIpc) is 3.00. The van der Waals surface area contributed by atoms with Gasteiger partial charge in [0.05, 0.1) is 22.7 Å². The second-order valence-electron chi connectivity index (χ2n) is 7.86.